The molecule has 1 N–H and O–H groups in total. The number of aromatic nitrogens is 3. The van der Waals surface area contributed by atoms with Crippen molar-refractivity contribution in [2.45, 2.75) is 6.92 Å². The van der Waals surface area contributed by atoms with Crippen LogP contribution in [0.3, 0.4) is 0 Å². The molecule has 5 nitrogen and oxygen atoms in total. The topological polar surface area (TPSA) is 67.9 Å². The molecule has 0 unspecified atom stereocenters. The Balaban J connectivity index is 2.62. The molecule has 2 aromatic rings. The molecule has 2 heterocycles. The molecule has 0 spiro atoms. The molecule has 0 bridgehead atoms. The third-order valence-corrected chi connectivity index (χ3v) is 2.11. The van der Waals surface area contributed by atoms with Crippen LogP contribution in [0.5, 0.6) is 5.75 Å². The molecule has 16 heavy (non-hydrogen) atoms. The van der Waals surface area contributed by atoms with Crippen LogP contribution in [0.2, 0.25) is 0 Å². The Kier molecular flexibility index (Phi) is 2.68. The lowest BCUT2D eigenvalue weighted by Crippen LogP contribution is -2.12. The normalized spacial score (nSPS) is 10.1. The maximum absolute atomic E-state index is 11.2. The minimum absolute atomic E-state index is 0.386. The van der Waals surface area contributed by atoms with Crippen molar-refractivity contribution in [2.24, 2.45) is 0 Å². The van der Waals surface area contributed by atoms with Crippen molar-refractivity contribution in [3.8, 4) is 17.1 Å². The second-order valence-corrected chi connectivity index (χ2v) is 3.31. The van der Waals surface area contributed by atoms with Crippen molar-refractivity contribution in [3.05, 3.63) is 40.6 Å². The van der Waals surface area contributed by atoms with E-state index in [1.807, 2.05) is 0 Å². The molecule has 0 aromatic carbocycles. The number of pyridine rings is 1. The first-order valence-corrected chi connectivity index (χ1v) is 4.78. The lowest BCUT2D eigenvalue weighted by molar-refractivity contribution is 0.414. The van der Waals surface area contributed by atoms with E-state index in [1.54, 1.807) is 38.4 Å². The Morgan fingerprint density at radius 3 is 2.94 bits per heavy atom. The molecule has 2 aromatic heterocycles. The SMILES string of the molecule is COc1cccnc1-c1cc(C)[nH]c(=O)n1. The fourth-order valence-corrected chi connectivity index (χ4v) is 1.45. The molecule has 5 heteroatoms. The smallest absolute Gasteiger partial charge is 0.345 e. The molecule has 0 aliphatic heterocycles. The van der Waals surface area contributed by atoms with Gasteiger partial charge in [-0.2, -0.15) is 4.98 Å². The molecule has 2 rings (SSSR count). The van der Waals surface area contributed by atoms with E-state index in [0.717, 1.165) is 5.69 Å². The Bertz CT molecular complexity index is 563. The summed E-state index contributed by atoms with van der Waals surface area (Å²) in [6, 6.07) is 5.30. The maximum Gasteiger partial charge on any atom is 0.345 e. The zero-order valence-electron chi connectivity index (χ0n) is 9.02. The predicted octanol–water partition coefficient (Wildman–Crippen LogP) is 1.15. The standard InChI is InChI=1S/C11H11N3O2/c1-7-6-8(14-11(15)13-7)10-9(16-2)4-3-5-12-10/h3-6H,1-2H3,(H,13,14,15). The van der Waals surface area contributed by atoms with Gasteiger partial charge in [0.1, 0.15) is 11.4 Å². The zero-order valence-corrected chi connectivity index (χ0v) is 9.02. The largest absolute Gasteiger partial charge is 0.494 e. The molecule has 0 fully saturated rings. The van der Waals surface area contributed by atoms with Gasteiger partial charge in [-0.1, -0.05) is 0 Å². The van der Waals surface area contributed by atoms with Gasteiger partial charge >= 0.3 is 5.69 Å². The van der Waals surface area contributed by atoms with Crippen LogP contribution in [-0.4, -0.2) is 22.1 Å². The van der Waals surface area contributed by atoms with E-state index in [-0.39, 0.29) is 5.69 Å². The van der Waals surface area contributed by atoms with E-state index < -0.39 is 0 Å². The van der Waals surface area contributed by atoms with Gasteiger partial charge in [0.2, 0.25) is 0 Å². The average molecular weight is 217 g/mol. The highest BCUT2D eigenvalue weighted by Crippen LogP contribution is 2.24. The van der Waals surface area contributed by atoms with Crippen molar-refractivity contribution in [1.29, 1.82) is 0 Å². The van der Waals surface area contributed by atoms with E-state index in [4.69, 9.17) is 4.74 Å². The minimum Gasteiger partial charge on any atom is -0.494 e. The highest BCUT2D eigenvalue weighted by Gasteiger charge is 2.08. The molecule has 0 radical (unpaired) electrons. The summed E-state index contributed by atoms with van der Waals surface area (Å²) in [6.45, 7) is 1.79. The third-order valence-electron chi connectivity index (χ3n) is 2.11. The van der Waals surface area contributed by atoms with Crippen LogP contribution in [0.25, 0.3) is 11.4 Å². The number of H-pyrrole nitrogens is 1. The summed E-state index contributed by atoms with van der Waals surface area (Å²) in [4.78, 5) is 21.9. The lowest BCUT2D eigenvalue weighted by atomic mass is 10.2. The summed E-state index contributed by atoms with van der Waals surface area (Å²) in [6.07, 6.45) is 1.63. The van der Waals surface area contributed by atoms with Crippen LogP contribution in [0.4, 0.5) is 0 Å². The minimum atomic E-state index is -0.386. The van der Waals surface area contributed by atoms with Crippen molar-refractivity contribution >= 4 is 0 Å². The number of methoxy groups -OCH3 is 1. The monoisotopic (exact) mass is 217 g/mol. The van der Waals surface area contributed by atoms with Gasteiger partial charge in [-0.25, -0.2) is 4.79 Å². The van der Waals surface area contributed by atoms with Crippen LogP contribution < -0.4 is 10.4 Å². The Labute approximate surface area is 92.2 Å². The molecule has 82 valence electrons. The van der Waals surface area contributed by atoms with Crippen LogP contribution in [0.1, 0.15) is 5.69 Å². The quantitative estimate of drug-likeness (QED) is 0.819. The number of hydrogen-bond donors (Lipinski definition) is 1. The van der Waals surface area contributed by atoms with Gasteiger partial charge in [0.25, 0.3) is 0 Å². The first kappa shape index (κ1) is 10.4. The second kappa shape index (κ2) is 4.14. The lowest BCUT2D eigenvalue weighted by Gasteiger charge is -2.06. The van der Waals surface area contributed by atoms with E-state index >= 15 is 0 Å². The molecule has 0 saturated heterocycles. The molecular formula is C11H11N3O2. The summed E-state index contributed by atoms with van der Waals surface area (Å²) >= 11 is 0. The number of rotatable bonds is 2. The summed E-state index contributed by atoms with van der Waals surface area (Å²) in [7, 11) is 1.56. The van der Waals surface area contributed by atoms with Crippen LogP contribution in [0, 0.1) is 6.92 Å². The number of nitrogens with one attached hydrogen (secondary N) is 1. The van der Waals surface area contributed by atoms with E-state index in [0.29, 0.717) is 17.1 Å². The number of aryl methyl sites for hydroxylation is 1. The third kappa shape index (κ3) is 1.93. The summed E-state index contributed by atoms with van der Waals surface area (Å²) in [5.74, 6) is 0.597. The molecule has 0 amide bonds. The predicted molar refractivity (Wildman–Crippen MR) is 59.4 cm³/mol. The molecule has 0 aliphatic rings. The number of nitrogens with zero attached hydrogens (tertiary/aromatic N) is 2. The van der Waals surface area contributed by atoms with Crippen LogP contribution in [-0.2, 0) is 0 Å². The number of hydrogen-bond acceptors (Lipinski definition) is 4. The summed E-state index contributed by atoms with van der Waals surface area (Å²) in [5.41, 5.74) is 1.43. The summed E-state index contributed by atoms with van der Waals surface area (Å²) < 4.78 is 5.16. The van der Waals surface area contributed by atoms with Gasteiger partial charge in [0.15, 0.2) is 0 Å². The van der Waals surface area contributed by atoms with E-state index in [1.165, 1.54) is 0 Å². The van der Waals surface area contributed by atoms with Gasteiger partial charge in [-0.3, -0.25) is 4.98 Å². The average Bonchev–Trinajstić information content (AvgIpc) is 2.27. The Morgan fingerprint density at radius 2 is 2.25 bits per heavy atom. The highest BCUT2D eigenvalue weighted by atomic mass is 16.5. The van der Waals surface area contributed by atoms with Crippen LogP contribution >= 0.6 is 0 Å². The second-order valence-electron chi connectivity index (χ2n) is 3.31. The van der Waals surface area contributed by atoms with Crippen molar-refractivity contribution in [2.75, 3.05) is 7.11 Å². The molecule has 0 atom stereocenters. The highest BCUT2D eigenvalue weighted by molar-refractivity contribution is 5.62. The molecule has 0 saturated carbocycles. The maximum atomic E-state index is 11.2. The van der Waals surface area contributed by atoms with Gasteiger partial charge in [0.05, 0.1) is 12.8 Å². The fourth-order valence-electron chi connectivity index (χ4n) is 1.45. The first-order chi connectivity index (χ1) is 7.70. The number of aromatic amines is 1. The Hall–Kier alpha value is -2.17. The van der Waals surface area contributed by atoms with Gasteiger partial charge in [-0.05, 0) is 25.1 Å². The Morgan fingerprint density at radius 1 is 1.44 bits per heavy atom. The van der Waals surface area contributed by atoms with E-state index in [2.05, 4.69) is 15.0 Å². The van der Waals surface area contributed by atoms with Gasteiger partial charge in [0, 0.05) is 11.9 Å². The zero-order chi connectivity index (χ0) is 11.5. The number of ether oxygens (including phenoxy) is 1. The van der Waals surface area contributed by atoms with Crippen molar-refractivity contribution < 1.29 is 4.74 Å². The van der Waals surface area contributed by atoms with Crippen LogP contribution in [0.15, 0.2) is 29.2 Å². The fraction of sp³-hybridized carbons (Fsp3) is 0.182. The first-order valence-electron chi connectivity index (χ1n) is 4.78. The van der Waals surface area contributed by atoms with Crippen molar-refractivity contribution in [1.82, 2.24) is 15.0 Å². The van der Waals surface area contributed by atoms with Crippen molar-refractivity contribution in [3.63, 3.8) is 0 Å². The van der Waals surface area contributed by atoms with E-state index in [9.17, 15) is 4.79 Å². The van der Waals surface area contributed by atoms with Gasteiger partial charge < -0.3 is 9.72 Å². The van der Waals surface area contributed by atoms with Gasteiger partial charge in [-0.15, -0.1) is 0 Å². The molecular weight excluding hydrogens is 206 g/mol. The molecule has 0 aliphatic carbocycles. The summed E-state index contributed by atoms with van der Waals surface area (Å²) in [5, 5.41) is 0.